The first kappa shape index (κ1) is 28.3. The van der Waals surface area contributed by atoms with Crippen LogP contribution >= 0.6 is 11.3 Å². The number of thiophene rings is 1. The normalized spacial score (nSPS) is 11.3. The molecule has 48 heavy (non-hydrogen) atoms. The van der Waals surface area contributed by atoms with Crippen LogP contribution in [0, 0.1) is 0 Å². The van der Waals surface area contributed by atoms with Crippen LogP contribution < -0.4 is 4.90 Å². The minimum absolute atomic E-state index is 1.11. The van der Waals surface area contributed by atoms with E-state index in [1.54, 1.807) is 0 Å². The first-order valence-corrected chi connectivity index (χ1v) is 17.2. The molecule has 8 aromatic carbocycles. The molecule has 226 valence electrons. The number of para-hydroxylation sites is 1. The van der Waals surface area contributed by atoms with Gasteiger partial charge in [0.05, 0.1) is 5.69 Å². The van der Waals surface area contributed by atoms with E-state index in [2.05, 4.69) is 193 Å². The Hall–Kier alpha value is -5.96. The third-order valence-electron chi connectivity index (χ3n) is 9.28. The van der Waals surface area contributed by atoms with Crippen molar-refractivity contribution in [3.8, 4) is 33.4 Å². The average Bonchev–Trinajstić information content (AvgIpc) is 3.55. The Balaban J connectivity index is 1.21. The molecular weight excluding hydrogens is 599 g/mol. The Morgan fingerprint density at radius 2 is 0.958 bits per heavy atom. The highest BCUT2D eigenvalue weighted by atomic mass is 32.1. The third-order valence-corrected chi connectivity index (χ3v) is 10.5. The predicted molar refractivity (Wildman–Crippen MR) is 208 cm³/mol. The van der Waals surface area contributed by atoms with E-state index >= 15 is 0 Å². The molecule has 0 fully saturated rings. The summed E-state index contributed by atoms with van der Waals surface area (Å²) >= 11 is 1.88. The fraction of sp³-hybridized carbons (Fsp3) is 0. The molecule has 0 N–H and O–H groups in total. The highest BCUT2D eigenvalue weighted by molar-refractivity contribution is 7.26. The van der Waals surface area contributed by atoms with E-state index < -0.39 is 0 Å². The molecule has 9 aromatic rings. The summed E-state index contributed by atoms with van der Waals surface area (Å²) in [4.78, 5) is 2.40. The lowest BCUT2D eigenvalue weighted by atomic mass is 9.97. The van der Waals surface area contributed by atoms with Crippen LogP contribution in [0.5, 0.6) is 0 Å². The molecule has 0 unspecified atom stereocenters. The summed E-state index contributed by atoms with van der Waals surface area (Å²) in [6, 6.07) is 68.1. The average molecular weight is 630 g/mol. The number of rotatable bonds is 6. The van der Waals surface area contributed by atoms with Gasteiger partial charge in [-0.1, -0.05) is 152 Å². The van der Waals surface area contributed by atoms with Crippen LogP contribution in [-0.4, -0.2) is 0 Å². The van der Waals surface area contributed by atoms with Crippen molar-refractivity contribution in [1.82, 2.24) is 0 Å². The minimum atomic E-state index is 1.11. The summed E-state index contributed by atoms with van der Waals surface area (Å²) in [6.07, 6.45) is 0. The maximum atomic E-state index is 2.40. The molecule has 9 rings (SSSR count). The molecule has 1 aromatic heterocycles. The van der Waals surface area contributed by atoms with Gasteiger partial charge < -0.3 is 4.90 Å². The molecule has 0 bridgehead atoms. The van der Waals surface area contributed by atoms with E-state index in [1.165, 1.54) is 64.3 Å². The summed E-state index contributed by atoms with van der Waals surface area (Å²) in [6.45, 7) is 0. The number of hydrogen-bond acceptors (Lipinski definition) is 2. The SMILES string of the molecule is c1ccc(-c2ccccc2N(c2ccc(-c3cccc4c3sc3ccccc34)cc2)c2cccc(-c3cccc4ccccc34)c2)cc1. The van der Waals surface area contributed by atoms with E-state index in [4.69, 9.17) is 0 Å². The number of hydrogen-bond donors (Lipinski definition) is 0. The molecule has 0 atom stereocenters. The van der Waals surface area contributed by atoms with Crippen LogP contribution in [0.25, 0.3) is 64.3 Å². The number of nitrogens with zero attached hydrogens (tertiary/aromatic N) is 1. The lowest BCUT2D eigenvalue weighted by Gasteiger charge is -2.28. The van der Waals surface area contributed by atoms with Gasteiger partial charge in [0.1, 0.15) is 0 Å². The van der Waals surface area contributed by atoms with Gasteiger partial charge in [-0.15, -0.1) is 11.3 Å². The fourth-order valence-electron chi connectivity index (χ4n) is 7.01. The van der Waals surface area contributed by atoms with Crippen molar-refractivity contribution in [3.63, 3.8) is 0 Å². The van der Waals surface area contributed by atoms with E-state index in [-0.39, 0.29) is 0 Å². The number of benzene rings is 8. The second-order valence-electron chi connectivity index (χ2n) is 12.1. The first-order chi connectivity index (χ1) is 23.8. The van der Waals surface area contributed by atoms with Gasteiger partial charge in [-0.2, -0.15) is 0 Å². The molecule has 0 spiro atoms. The number of anilines is 3. The summed E-state index contributed by atoms with van der Waals surface area (Å²) in [5, 5.41) is 5.15. The van der Waals surface area contributed by atoms with Crippen molar-refractivity contribution in [1.29, 1.82) is 0 Å². The highest BCUT2D eigenvalue weighted by Crippen LogP contribution is 2.44. The van der Waals surface area contributed by atoms with Crippen LogP contribution in [0.15, 0.2) is 188 Å². The van der Waals surface area contributed by atoms with E-state index in [0.717, 1.165) is 17.1 Å². The van der Waals surface area contributed by atoms with Crippen LogP contribution in [0.3, 0.4) is 0 Å². The quantitative estimate of drug-likeness (QED) is 0.177. The highest BCUT2D eigenvalue weighted by Gasteiger charge is 2.19. The van der Waals surface area contributed by atoms with Gasteiger partial charge in [0, 0.05) is 37.1 Å². The van der Waals surface area contributed by atoms with Gasteiger partial charge in [-0.25, -0.2) is 0 Å². The predicted octanol–water partition coefficient (Wildman–Crippen LogP) is 13.7. The Bertz CT molecular complexity index is 2560. The van der Waals surface area contributed by atoms with Crippen molar-refractivity contribution in [3.05, 3.63) is 188 Å². The Morgan fingerprint density at radius 1 is 0.354 bits per heavy atom. The van der Waals surface area contributed by atoms with Crippen molar-refractivity contribution in [2.75, 3.05) is 4.90 Å². The molecule has 1 heterocycles. The Labute approximate surface area is 284 Å². The van der Waals surface area contributed by atoms with Gasteiger partial charge in [0.2, 0.25) is 0 Å². The zero-order valence-corrected chi connectivity index (χ0v) is 27.1. The van der Waals surface area contributed by atoms with Crippen molar-refractivity contribution < 1.29 is 0 Å². The molecule has 0 saturated heterocycles. The fourth-order valence-corrected chi connectivity index (χ4v) is 8.25. The lowest BCUT2D eigenvalue weighted by Crippen LogP contribution is -2.11. The summed E-state index contributed by atoms with van der Waals surface area (Å²) in [7, 11) is 0. The van der Waals surface area contributed by atoms with Crippen molar-refractivity contribution in [2.24, 2.45) is 0 Å². The Morgan fingerprint density at radius 3 is 1.85 bits per heavy atom. The molecule has 0 amide bonds. The second-order valence-corrected chi connectivity index (χ2v) is 13.2. The summed E-state index contributed by atoms with van der Waals surface area (Å²) in [5.41, 5.74) is 10.7. The molecular formula is C46H31NS. The molecule has 0 aliphatic heterocycles. The topological polar surface area (TPSA) is 3.24 Å². The lowest BCUT2D eigenvalue weighted by molar-refractivity contribution is 1.28. The summed E-state index contributed by atoms with van der Waals surface area (Å²) < 4.78 is 2.66. The second kappa shape index (κ2) is 12.0. The van der Waals surface area contributed by atoms with Gasteiger partial charge in [0.25, 0.3) is 0 Å². The maximum absolute atomic E-state index is 2.40. The largest absolute Gasteiger partial charge is 0.310 e. The van der Waals surface area contributed by atoms with E-state index in [9.17, 15) is 0 Å². The van der Waals surface area contributed by atoms with Crippen LogP contribution in [0.4, 0.5) is 17.1 Å². The van der Waals surface area contributed by atoms with Gasteiger partial charge >= 0.3 is 0 Å². The van der Waals surface area contributed by atoms with Crippen LogP contribution in [0.1, 0.15) is 0 Å². The smallest absolute Gasteiger partial charge is 0.0540 e. The van der Waals surface area contributed by atoms with Crippen molar-refractivity contribution >= 4 is 59.3 Å². The van der Waals surface area contributed by atoms with E-state index in [1.807, 2.05) is 11.3 Å². The molecule has 2 heteroatoms. The van der Waals surface area contributed by atoms with Crippen LogP contribution in [-0.2, 0) is 0 Å². The third kappa shape index (κ3) is 4.95. The van der Waals surface area contributed by atoms with Gasteiger partial charge in [0.15, 0.2) is 0 Å². The zero-order valence-electron chi connectivity index (χ0n) is 26.3. The van der Waals surface area contributed by atoms with E-state index in [0.29, 0.717) is 0 Å². The molecule has 0 radical (unpaired) electrons. The zero-order chi connectivity index (χ0) is 31.9. The molecule has 0 saturated carbocycles. The molecule has 0 aliphatic carbocycles. The molecule has 1 nitrogen and oxygen atoms in total. The molecule has 0 aliphatic rings. The van der Waals surface area contributed by atoms with Gasteiger partial charge in [-0.05, 0) is 75.0 Å². The minimum Gasteiger partial charge on any atom is -0.310 e. The maximum Gasteiger partial charge on any atom is 0.0540 e. The van der Waals surface area contributed by atoms with Gasteiger partial charge in [-0.3, -0.25) is 0 Å². The monoisotopic (exact) mass is 629 g/mol. The standard InChI is InChI=1S/C46H31NS/c1-2-13-33(14-3-1)40-20-6-8-25-44(40)47(37-18-10-17-35(31-37)39-22-11-16-32-15-4-5-19-38(32)39)36-29-27-34(28-30-36)41-23-12-24-43-42-21-7-9-26-45(42)48-46(41)43/h1-31H. The summed E-state index contributed by atoms with van der Waals surface area (Å²) in [5.74, 6) is 0. The van der Waals surface area contributed by atoms with Crippen molar-refractivity contribution in [2.45, 2.75) is 0 Å². The Kier molecular flexibility index (Phi) is 7.07. The first-order valence-electron chi connectivity index (χ1n) is 16.4. The number of fused-ring (bicyclic) bond motifs is 4. The van der Waals surface area contributed by atoms with Crippen LogP contribution in [0.2, 0.25) is 0 Å².